The summed E-state index contributed by atoms with van der Waals surface area (Å²) >= 11 is 6.01. The molecule has 29 heavy (non-hydrogen) atoms. The Balaban J connectivity index is 1.49. The Labute approximate surface area is 172 Å². The van der Waals surface area contributed by atoms with E-state index >= 15 is 0 Å². The molecule has 7 heteroatoms. The molecule has 1 aliphatic rings. The third-order valence-electron chi connectivity index (χ3n) is 5.35. The number of carbonyl (C=O) groups excluding carboxylic acids is 1. The molecule has 1 aromatic heterocycles. The van der Waals surface area contributed by atoms with Gasteiger partial charge >= 0.3 is 0 Å². The van der Waals surface area contributed by atoms with Crippen molar-refractivity contribution in [3.05, 3.63) is 76.7 Å². The number of hydrogen-bond acceptors (Lipinski definition) is 4. The molecule has 0 saturated carbocycles. The smallest absolute Gasteiger partial charge is 0.273 e. The van der Waals surface area contributed by atoms with Gasteiger partial charge in [0, 0.05) is 41.8 Å². The van der Waals surface area contributed by atoms with Gasteiger partial charge in [0.1, 0.15) is 5.82 Å². The van der Waals surface area contributed by atoms with Gasteiger partial charge in [-0.25, -0.2) is 4.39 Å². The lowest BCUT2D eigenvalue weighted by molar-refractivity contribution is 0.0486. The number of amides is 1. The van der Waals surface area contributed by atoms with Crippen LogP contribution in [0.3, 0.4) is 0 Å². The Kier molecular flexibility index (Phi) is 5.65. The van der Waals surface area contributed by atoms with Crippen LogP contribution in [0.1, 0.15) is 28.9 Å². The van der Waals surface area contributed by atoms with Crippen LogP contribution in [0.4, 0.5) is 4.39 Å². The van der Waals surface area contributed by atoms with Crippen LogP contribution in [0.15, 0.2) is 59.1 Å². The van der Waals surface area contributed by atoms with Gasteiger partial charge in [0.2, 0.25) is 0 Å². The van der Waals surface area contributed by atoms with E-state index in [1.54, 1.807) is 36.4 Å². The van der Waals surface area contributed by atoms with Crippen LogP contribution >= 0.6 is 11.6 Å². The number of carbonyl (C=O) groups is 1. The molecule has 1 saturated heterocycles. The van der Waals surface area contributed by atoms with E-state index in [1.807, 2.05) is 6.07 Å². The van der Waals surface area contributed by atoms with Crippen LogP contribution in [0.5, 0.6) is 0 Å². The summed E-state index contributed by atoms with van der Waals surface area (Å²) in [5.41, 5.74) is 1.63. The van der Waals surface area contributed by atoms with Gasteiger partial charge in [0.25, 0.3) is 5.91 Å². The van der Waals surface area contributed by atoms with Crippen molar-refractivity contribution in [1.82, 2.24) is 10.5 Å². The lowest BCUT2D eigenvalue weighted by Gasteiger charge is -2.37. The Bertz CT molecular complexity index is 997. The first-order valence-corrected chi connectivity index (χ1v) is 9.78. The number of hydrogen-bond donors (Lipinski definition) is 1. The molecule has 1 amide bonds. The molecular weight excluding hydrogens is 395 g/mol. The van der Waals surface area contributed by atoms with Gasteiger partial charge < -0.3 is 14.6 Å². The van der Waals surface area contributed by atoms with Gasteiger partial charge in [0.15, 0.2) is 11.5 Å². The van der Waals surface area contributed by atoms with Crippen LogP contribution in [-0.2, 0) is 10.2 Å². The Morgan fingerprint density at radius 2 is 1.90 bits per heavy atom. The van der Waals surface area contributed by atoms with E-state index < -0.39 is 0 Å². The zero-order valence-electron chi connectivity index (χ0n) is 15.7. The van der Waals surface area contributed by atoms with Crippen molar-refractivity contribution in [2.45, 2.75) is 18.3 Å². The molecule has 0 unspecified atom stereocenters. The summed E-state index contributed by atoms with van der Waals surface area (Å²) in [6.07, 6.45) is 1.48. The van der Waals surface area contributed by atoms with Crippen LogP contribution in [0, 0.1) is 5.82 Å². The van der Waals surface area contributed by atoms with E-state index in [9.17, 15) is 9.18 Å². The van der Waals surface area contributed by atoms with E-state index in [-0.39, 0.29) is 22.8 Å². The number of aromatic nitrogens is 1. The topological polar surface area (TPSA) is 64.4 Å². The summed E-state index contributed by atoms with van der Waals surface area (Å²) < 4.78 is 24.2. The molecule has 0 aliphatic carbocycles. The third kappa shape index (κ3) is 4.33. The van der Waals surface area contributed by atoms with Crippen LogP contribution in [0.25, 0.3) is 11.3 Å². The lowest BCUT2D eigenvalue weighted by atomic mass is 9.74. The highest BCUT2D eigenvalue weighted by Gasteiger charge is 2.35. The first-order chi connectivity index (χ1) is 14.1. The summed E-state index contributed by atoms with van der Waals surface area (Å²) in [7, 11) is 0. The summed E-state index contributed by atoms with van der Waals surface area (Å²) in [6.45, 7) is 1.59. The fraction of sp³-hybridized carbons (Fsp3) is 0.273. The first-order valence-electron chi connectivity index (χ1n) is 9.40. The minimum absolute atomic E-state index is 0.196. The molecule has 0 atom stereocenters. The summed E-state index contributed by atoms with van der Waals surface area (Å²) in [4.78, 5) is 12.7. The average molecular weight is 415 g/mol. The Morgan fingerprint density at radius 3 is 2.62 bits per heavy atom. The quantitative estimate of drug-likeness (QED) is 0.662. The minimum atomic E-state index is -0.324. The van der Waals surface area contributed by atoms with Crippen molar-refractivity contribution in [3.63, 3.8) is 0 Å². The number of ether oxygens (including phenoxy) is 1. The predicted molar refractivity (Wildman–Crippen MR) is 107 cm³/mol. The normalized spacial score (nSPS) is 15.8. The molecular formula is C22H20ClFN2O3. The van der Waals surface area contributed by atoms with Gasteiger partial charge in [-0.15, -0.1) is 0 Å². The van der Waals surface area contributed by atoms with Crippen molar-refractivity contribution >= 4 is 17.5 Å². The minimum Gasteiger partial charge on any atom is -0.381 e. The van der Waals surface area contributed by atoms with Crippen LogP contribution in [0.2, 0.25) is 5.02 Å². The number of benzene rings is 2. The van der Waals surface area contributed by atoms with Crippen molar-refractivity contribution in [1.29, 1.82) is 0 Å². The highest BCUT2D eigenvalue weighted by molar-refractivity contribution is 6.30. The maximum absolute atomic E-state index is 13.4. The number of nitrogens with one attached hydrogen (secondary N) is 1. The fourth-order valence-corrected chi connectivity index (χ4v) is 3.82. The molecule has 0 bridgehead atoms. The summed E-state index contributed by atoms with van der Waals surface area (Å²) in [6, 6.07) is 15.2. The monoisotopic (exact) mass is 414 g/mol. The van der Waals surface area contributed by atoms with Gasteiger partial charge in [0.05, 0.1) is 0 Å². The molecule has 1 N–H and O–H groups in total. The second-order valence-corrected chi connectivity index (χ2v) is 7.61. The number of nitrogens with zero attached hydrogens (tertiary/aromatic N) is 1. The van der Waals surface area contributed by atoms with Crippen molar-refractivity contribution < 1.29 is 18.4 Å². The van der Waals surface area contributed by atoms with Crippen molar-refractivity contribution in [2.24, 2.45) is 0 Å². The van der Waals surface area contributed by atoms with Gasteiger partial charge in [-0.1, -0.05) is 41.0 Å². The zero-order chi connectivity index (χ0) is 20.3. The number of halogens is 2. The number of rotatable bonds is 5. The van der Waals surface area contributed by atoms with Gasteiger partial charge in [-0.2, -0.15) is 0 Å². The summed E-state index contributed by atoms with van der Waals surface area (Å²) in [5.74, 6) is -0.136. The lowest BCUT2D eigenvalue weighted by Crippen LogP contribution is -2.44. The SMILES string of the molecule is O=C(NCC1(c2ccc(F)cc2)CCOCC1)c1cc(-c2cccc(Cl)c2)on1. The second-order valence-electron chi connectivity index (χ2n) is 7.17. The largest absolute Gasteiger partial charge is 0.381 e. The zero-order valence-corrected chi connectivity index (χ0v) is 16.4. The third-order valence-corrected chi connectivity index (χ3v) is 5.58. The van der Waals surface area contributed by atoms with Crippen molar-refractivity contribution in [3.8, 4) is 11.3 Å². The predicted octanol–water partition coefficient (Wildman–Crippen LogP) is 4.61. The summed E-state index contributed by atoms with van der Waals surface area (Å²) in [5, 5.41) is 7.43. The van der Waals surface area contributed by atoms with E-state index in [0.717, 1.165) is 24.0 Å². The molecule has 0 radical (unpaired) electrons. The molecule has 1 aliphatic heterocycles. The molecule has 2 aromatic carbocycles. The van der Waals surface area contributed by atoms with Gasteiger partial charge in [-0.05, 0) is 42.7 Å². The Hall–Kier alpha value is -2.70. The van der Waals surface area contributed by atoms with Crippen LogP contribution < -0.4 is 5.32 Å². The Morgan fingerprint density at radius 1 is 1.14 bits per heavy atom. The maximum Gasteiger partial charge on any atom is 0.273 e. The standard InChI is InChI=1S/C22H20ClFN2O3/c23-17-3-1-2-15(12-17)20-13-19(26-29-20)21(27)25-14-22(8-10-28-11-9-22)16-4-6-18(24)7-5-16/h1-7,12-13H,8-11,14H2,(H,25,27). The molecule has 5 nitrogen and oxygen atoms in total. The van der Waals surface area contributed by atoms with Crippen molar-refractivity contribution in [2.75, 3.05) is 19.8 Å². The van der Waals surface area contributed by atoms with E-state index in [4.69, 9.17) is 20.9 Å². The van der Waals surface area contributed by atoms with Gasteiger partial charge in [-0.3, -0.25) is 4.79 Å². The molecule has 2 heterocycles. The highest BCUT2D eigenvalue weighted by atomic mass is 35.5. The average Bonchev–Trinajstić information content (AvgIpc) is 3.24. The fourth-order valence-electron chi connectivity index (χ4n) is 3.63. The van der Waals surface area contributed by atoms with E-state index in [1.165, 1.54) is 12.1 Å². The molecule has 3 aromatic rings. The van der Waals surface area contributed by atoms with E-state index in [2.05, 4.69) is 10.5 Å². The van der Waals surface area contributed by atoms with E-state index in [0.29, 0.717) is 30.5 Å². The first kappa shape index (κ1) is 19.6. The molecule has 1 fully saturated rings. The second kappa shape index (κ2) is 8.35. The van der Waals surface area contributed by atoms with Crippen LogP contribution in [-0.4, -0.2) is 30.8 Å². The highest BCUT2D eigenvalue weighted by Crippen LogP contribution is 2.34. The maximum atomic E-state index is 13.4. The molecule has 4 rings (SSSR count). The molecule has 150 valence electrons. The molecule has 0 spiro atoms.